The van der Waals surface area contributed by atoms with Crippen LogP contribution in [-0.4, -0.2) is 26.5 Å². The molecule has 0 fully saturated rings. The normalized spacial score (nSPS) is 14.4. The molecule has 8 heteroatoms. The van der Waals surface area contributed by atoms with E-state index in [0.717, 1.165) is 35.3 Å². The average Bonchev–Trinajstić information content (AvgIpc) is 3.19. The number of nitro benzene ring substituents is 1. The zero-order valence-corrected chi connectivity index (χ0v) is 15.0. The lowest BCUT2D eigenvalue weighted by atomic mass is 10.1. The maximum atomic E-state index is 10.7. The third kappa shape index (κ3) is 3.02. The Kier molecular flexibility index (Phi) is 4.29. The first-order valence-corrected chi connectivity index (χ1v) is 9.30. The van der Waals surface area contributed by atoms with Crippen molar-refractivity contribution in [3.05, 3.63) is 56.2 Å². The van der Waals surface area contributed by atoms with Crippen LogP contribution in [0.4, 0.5) is 11.5 Å². The summed E-state index contributed by atoms with van der Waals surface area (Å²) in [5.74, 6) is 1.46. The van der Waals surface area contributed by atoms with E-state index in [1.165, 1.54) is 22.6 Å². The number of aryl methyl sites for hydroxylation is 3. The van der Waals surface area contributed by atoms with Gasteiger partial charge in [-0.3, -0.25) is 10.1 Å². The monoisotopic (exact) mass is 370 g/mol. The summed E-state index contributed by atoms with van der Waals surface area (Å²) >= 11 is 1.73. The highest BCUT2D eigenvalue weighted by Gasteiger charge is 2.22. The molecular formula is C18H18N4O3S. The Bertz CT molecular complexity index is 984. The number of nitrogens with one attached hydrogen (secondary N) is 1. The van der Waals surface area contributed by atoms with Crippen LogP contribution in [0.1, 0.15) is 34.4 Å². The number of benzene rings is 1. The van der Waals surface area contributed by atoms with Gasteiger partial charge in [0.2, 0.25) is 0 Å². The van der Waals surface area contributed by atoms with Gasteiger partial charge in [-0.1, -0.05) is 0 Å². The van der Waals surface area contributed by atoms with Crippen LogP contribution in [0, 0.1) is 17.0 Å². The second-order valence-corrected chi connectivity index (χ2v) is 7.49. The molecule has 0 bridgehead atoms. The van der Waals surface area contributed by atoms with Gasteiger partial charge in [0.15, 0.2) is 0 Å². The fourth-order valence-corrected chi connectivity index (χ4v) is 4.67. The van der Waals surface area contributed by atoms with Crippen molar-refractivity contribution in [3.8, 4) is 0 Å². The number of aliphatic hydroxyl groups excluding tert-OH is 1. The SMILES string of the molecule is Cc1nc(NC[C@@H](O)c2ccc([N+](=O)[O-])cc2)c2c3c(sc2n1)CCC3. The van der Waals surface area contributed by atoms with E-state index in [2.05, 4.69) is 15.3 Å². The Morgan fingerprint density at radius 2 is 2.08 bits per heavy atom. The molecule has 1 atom stereocenters. The van der Waals surface area contributed by atoms with Crippen LogP contribution in [0.5, 0.6) is 0 Å². The van der Waals surface area contributed by atoms with Gasteiger partial charge < -0.3 is 10.4 Å². The summed E-state index contributed by atoms with van der Waals surface area (Å²) in [7, 11) is 0. The predicted molar refractivity (Wildman–Crippen MR) is 101 cm³/mol. The van der Waals surface area contributed by atoms with Crippen LogP contribution in [-0.2, 0) is 12.8 Å². The summed E-state index contributed by atoms with van der Waals surface area (Å²) in [5.41, 5.74) is 1.97. The maximum absolute atomic E-state index is 10.7. The minimum absolute atomic E-state index is 0.0101. The minimum atomic E-state index is -0.784. The van der Waals surface area contributed by atoms with E-state index >= 15 is 0 Å². The number of thiophene rings is 1. The third-order valence-corrected chi connectivity index (χ3v) is 5.81. The molecule has 0 saturated carbocycles. The zero-order chi connectivity index (χ0) is 18.3. The number of anilines is 1. The van der Waals surface area contributed by atoms with Gasteiger partial charge in [0.05, 0.1) is 16.4 Å². The molecule has 0 amide bonds. The van der Waals surface area contributed by atoms with Gasteiger partial charge in [-0.05, 0) is 49.4 Å². The summed E-state index contributed by atoms with van der Waals surface area (Å²) in [6.07, 6.45) is 2.52. The molecule has 1 aliphatic rings. The van der Waals surface area contributed by atoms with Crippen LogP contribution in [0.3, 0.4) is 0 Å². The van der Waals surface area contributed by atoms with Crippen LogP contribution in [0.15, 0.2) is 24.3 Å². The molecule has 1 aliphatic carbocycles. The van der Waals surface area contributed by atoms with E-state index in [0.29, 0.717) is 11.4 Å². The highest BCUT2D eigenvalue weighted by atomic mass is 32.1. The van der Waals surface area contributed by atoms with Crippen LogP contribution < -0.4 is 5.32 Å². The van der Waals surface area contributed by atoms with Gasteiger partial charge in [-0.15, -0.1) is 11.3 Å². The van der Waals surface area contributed by atoms with Gasteiger partial charge in [0.25, 0.3) is 5.69 Å². The van der Waals surface area contributed by atoms with Crippen molar-refractivity contribution < 1.29 is 10.0 Å². The first-order valence-electron chi connectivity index (χ1n) is 8.48. The predicted octanol–water partition coefficient (Wildman–Crippen LogP) is 3.54. The topological polar surface area (TPSA) is 101 Å². The molecule has 0 saturated heterocycles. The maximum Gasteiger partial charge on any atom is 0.269 e. The summed E-state index contributed by atoms with van der Waals surface area (Å²) < 4.78 is 0. The Hall–Kier alpha value is -2.58. The van der Waals surface area contributed by atoms with Crippen molar-refractivity contribution in [1.29, 1.82) is 0 Å². The number of fused-ring (bicyclic) bond motifs is 3. The standard InChI is InChI=1S/C18H18N4O3S/c1-10-20-17(16-13-3-2-4-15(13)26-18(16)21-10)19-9-14(23)11-5-7-12(8-6-11)22(24)25/h5-8,14,23H,2-4,9H2,1H3,(H,19,20,21)/t14-/m1/s1. The number of nitro groups is 1. The van der Waals surface area contributed by atoms with E-state index in [9.17, 15) is 15.2 Å². The zero-order valence-electron chi connectivity index (χ0n) is 14.2. The molecule has 2 heterocycles. The van der Waals surface area contributed by atoms with Crippen molar-refractivity contribution in [2.75, 3.05) is 11.9 Å². The summed E-state index contributed by atoms with van der Waals surface area (Å²) in [6.45, 7) is 2.14. The summed E-state index contributed by atoms with van der Waals surface area (Å²) in [6, 6.07) is 5.95. The number of rotatable bonds is 5. The highest BCUT2D eigenvalue weighted by molar-refractivity contribution is 7.19. The lowest BCUT2D eigenvalue weighted by Gasteiger charge is -2.14. The number of non-ortho nitro benzene ring substituents is 1. The van der Waals surface area contributed by atoms with Crippen molar-refractivity contribution in [1.82, 2.24) is 9.97 Å². The first-order chi connectivity index (χ1) is 12.5. The molecule has 26 heavy (non-hydrogen) atoms. The lowest BCUT2D eigenvalue weighted by molar-refractivity contribution is -0.384. The van der Waals surface area contributed by atoms with E-state index in [1.54, 1.807) is 23.5 Å². The van der Waals surface area contributed by atoms with Crippen molar-refractivity contribution >= 4 is 33.1 Å². The molecule has 7 nitrogen and oxygen atoms in total. The Balaban J connectivity index is 1.56. The Labute approximate surface area is 153 Å². The van der Waals surface area contributed by atoms with Gasteiger partial charge in [0, 0.05) is 23.6 Å². The van der Waals surface area contributed by atoms with Crippen molar-refractivity contribution in [2.45, 2.75) is 32.3 Å². The molecule has 134 valence electrons. The minimum Gasteiger partial charge on any atom is -0.387 e. The summed E-state index contributed by atoms with van der Waals surface area (Å²) in [4.78, 5) is 21.8. The Morgan fingerprint density at radius 3 is 2.81 bits per heavy atom. The van der Waals surface area contributed by atoms with E-state index < -0.39 is 11.0 Å². The third-order valence-electron chi connectivity index (χ3n) is 4.63. The lowest BCUT2D eigenvalue weighted by Crippen LogP contribution is -2.14. The number of hydrogen-bond donors (Lipinski definition) is 2. The van der Waals surface area contributed by atoms with Gasteiger partial charge in [-0.25, -0.2) is 9.97 Å². The van der Waals surface area contributed by atoms with Gasteiger partial charge in [-0.2, -0.15) is 0 Å². The second-order valence-electron chi connectivity index (χ2n) is 6.40. The molecule has 0 radical (unpaired) electrons. The Morgan fingerprint density at radius 1 is 1.31 bits per heavy atom. The molecule has 0 unspecified atom stereocenters. The van der Waals surface area contributed by atoms with Crippen LogP contribution in [0.2, 0.25) is 0 Å². The van der Waals surface area contributed by atoms with Gasteiger partial charge >= 0.3 is 0 Å². The molecule has 1 aromatic carbocycles. The smallest absolute Gasteiger partial charge is 0.269 e. The van der Waals surface area contributed by atoms with E-state index in [4.69, 9.17) is 0 Å². The number of aliphatic hydroxyl groups is 1. The molecule has 0 spiro atoms. The fourth-order valence-electron chi connectivity index (χ4n) is 3.36. The van der Waals surface area contributed by atoms with Crippen molar-refractivity contribution in [3.63, 3.8) is 0 Å². The first kappa shape index (κ1) is 16.9. The summed E-state index contributed by atoms with van der Waals surface area (Å²) in [5, 5.41) is 25.5. The molecule has 2 aromatic heterocycles. The van der Waals surface area contributed by atoms with Gasteiger partial charge in [0.1, 0.15) is 16.5 Å². The van der Waals surface area contributed by atoms with E-state index in [1.807, 2.05) is 6.92 Å². The largest absolute Gasteiger partial charge is 0.387 e. The van der Waals surface area contributed by atoms with Crippen molar-refractivity contribution in [2.24, 2.45) is 0 Å². The molecule has 0 aliphatic heterocycles. The van der Waals surface area contributed by atoms with E-state index in [-0.39, 0.29) is 12.2 Å². The number of hydrogen-bond acceptors (Lipinski definition) is 7. The highest BCUT2D eigenvalue weighted by Crippen LogP contribution is 2.39. The molecular weight excluding hydrogens is 352 g/mol. The molecule has 3 aromatic rings. The average molecular weight is 370 g/mol. The molecule has 4 rings (SSSR count). The number of aromatic nitrogens is 2. The fraction of sp³-hybridized carbons (Fsp3) is 0.333. The van der Waals surface area contributed by atoms with Crippen LogP contribution in [0.25, 0.3) is 10.2 Å². The quantitative estimate of drug-likeness (QED) is 0.526. The molecule has 2 N–H and O–H groups in total. The number of nitrogens with zero attached hydrogens (tertiary/aromatic N) is 3. The second kappa shape index (κ2) is 6.62. The van der Waals surface area contributed by atoms with Crippen LogP contribution >= 0.6 is 11.3 Å².